The molecule has 2 fully saturated rings. The summed E-state index contributed by atoms with van der Waals surface area (Å²) in [5.41, 5.74) is 1.17. The molecule has 8 heteroatoms. The number of carbonyl (C=O) groups excluding carboxylic acids is 1. The summed E-state index contributed by atoms with van der Waals surface area (Å²) in [6, 6.07) is 5.72. The van der Waals surface area contributed by atoms with E-state index in [9.17, 15) is 4.79 Å². The van der Waals surface area contributed by atoms with Crippen molar-refractivity contribution in [3.05, 3.63) is 54.4 Å². The number of morpholine rings is 1. The van der Waals surface area contributed by atoms with Crippen LogP contribution in [0.15, 0.2) is 43.0 Å². The highest BCUT2D eigenvalue weighted by molar-refractivity contribution is 5.92. The summed E-state index contributed by atoms with van der Waals surface area (Å²) < 4.78 is 11.8. The van der Waals surface area contributed by atoms with Gasteiger partial charge in [0.05, 0.1) is 49.9 Å². The third-order valence-corrected chi connectivity index (χ3v) is 4.75. The van der Waals surface area contributed by atoms with Crippen molar-refractivity contribution in [3.63, 3.8) is 0 Å². The number of nitrogens with one attached hydrogen (secondary N) is 1. The number of nitrogens with zero attached hydrogens (tertiary/aromatic N) is 4. The zero-order chi connectivity index (χ0) is 17.8. The molecular formula is C18H21N5O3. The Morgan fingerprint density at radius 2 is 2.27 bits per heavy atom. The van der Waals surface area contributed by atoms with E-state index in [1.54, 1.807) is 12.4 Å². The average Bonchev–Trinajstić information content (AvgIpc) is 3.05. The summed E-state index contributed by atoms with van der Waals surface area (Å²) in [5, 5.41) is 3.05. The molecule has 0 aliphatic carbocycles. The lowest BCUT2D eigenvalue weighted by Crippen LogP contribution is -2.48. The van der Waals surface area contributed by atoms with Crippen molar-refractivity contribution in [2.75, 3.05) is 26.3 Å². The summed E-state index contributed by atoms with van der Waals surface area (Å²) in [5.74, 6) is -0.240. The Morgan fingerprint density at radius 3 is 3.08 bits per heavy atom. The fourth-order valence-electron chi connectivity index (χ4n) is 3.49. The standard InChI is InChI=1S/C18H21N5O3/c24-18(14-9-19-5-6-21-14)22-15-10-23-7-8-25-12-16(23)17(15)26-11-13-3-1-2-4-20-13/h1-6,9,15-17H,7-8,10-12H2,(H,22,24). The third-order valence-electron chi connectivity index (χ3n) is 4.75. The Kier molecular flexibility index (Phi) is 5.14. The van der Waals surface area contributed by atoms with E-state index in [1.165, 1.54) is 12.4 Å². The zero-order valence-electron chi connectivity index (χ0n) is 14.3. The summed E-state index contributed by atoms with van der Waals surface area (Å²) in [6.45, 7) is 3.27. The molecule has 4 heterocycles. The number of carbonyl (C=O) groups is 1. The molecule has 2 saturated heterocycles. The number of rotatable bonds is 5. The highest BCUT2D eigenvalue weighted by Crippen LogP contribution is 2.25. The molecule has 136 valence electrons. The molecule has 26 heavy (non-hydrogen) atoms. The second kappa shape index (κ2) is 7.86. The first-order chi connectivity index (χ1) is 12.8. The first-order valence-corrected chi connectivity index (χ1v) is 8.71. The van der Waals surface area contributed by atoms with E-state index >= 15 is 0 Å². The lowest BCUT2D eigenvalue weighted by atomic mass is 10.1. The van der Waals surface area contributed by atoms with Crippen LogP contribution in [0.5, 0.6) is 0 Å². The van der Waals surface area contributed by atoms with Crippen LogP contribution in [0, 0.1) is 0 Å². The molecule has 3 atom stereocenters. The number of aromatic nitrogens is 3. The maximum Gasteiger partial charge on any atom is 0.271 e. The molecule has 0 radical (unpaired) electrons. The molecule has 0 aromatic carbocycles. The molecule has 4 rings (SSSR count). The van der Waals surface area contributed by atoms with Gasteiger partial charge in [0.15, 0.2) is 0 Å². The third kappa shape index (κ3) is 3.72. The van der Waals surface area contributed by atoms with Gasteiger partial charge in [-0.05, 0) is 12.1 Å². The molecule has 1 N–H and O–H groups in total. The lowest BCUT2D eigenvalue weighted by molar-refractivity contribution is -0.0537. The van der Waals surface area contributed by atoms with E-state index < -0.39 is 0 Å². The normalized spacial score (nSPS) is 25.6. The summed E-state index contributed by atoms with van der Waals surface area (Å²) >= 11 is 0. The minimum absolute atomic E-state index is 0.125. The summed E-state index contributed by atoms with van der Waals surface area (Å²) in [4.78, 5) is 27.1. The fraction of sp³-hybridized carbons (Fsp3) is 0.444. The Balaban J connectivity index is 1.46. The second-order valence-corrected chi connectivity index (χ2v) is 6.40. The van der Waals surface area contributed by atoms with Gasteiger partial charge < -0.3 is 14.8 Å². The molecule has 1 amide bonds. The zero-order valence-corrected chi connectivity index (χ0v) is 14.3. The molecular weight excluding hydrogens is 334 g/mol. The predicted molar refractivity (Wildman–Crippen MR) is 92.3 cm³/mol. The van der Waals surface area contributed by atoms with Crippen LogP contribution in [0.2, 0.25) is 0 Å². The van der Waals surface area contributed by atoms with Crippen LogP contribution in [0.4, 0.5) is 0 Å². The van der Waals surface area contributed by atoms with Gasteiger partial charge in [0.25, 0.3) is 5.91 Å². The SMILES string of the molecule is O=C(NC1CN2CCOCC2C1OCc1ccccn1)c1cnccn1. The maximum absolute atomic E-state index is 12.5. The van der Waals surface area contributed by atoms with Crippen molar-refractivity contribution in [1.29, 1.82) is 0 Å². The van der Waals surface area contributed by atoms with Gasteiger partial charge in [-0.15, -0.1) is 0 Å². The van der Waals surface area contributed by atoms with Gasteiger partial charge in [-0.25, -0.2) is 4.98 Å². The van der Waals surface area contributed by atoms with Crippen LogP contribution >= 0.6 is 0 Å². The molecule has 0 saturated carbocycles. The van der Waals surface area contributed by atoms with Crippen LogP contribution in [0.25, 0.3) is 0 Å². The van der Waals surface area contributed by atoms with Crippen LogP contribution in [0.1, 0.15) is 16.2 Å². The Labute approximate surface area is 151 Å². The van der Waals surface area contributed by atoms with Gasteiger partial charge in [0.2, 0.25) is 0 Å². The summed E-state index contributed by atoms with van der Waals surface area (Å²) in [6.07, 6.45) is 6.09. The molecule has 2 aliphatic rings. The second-order valence-electron chi connectivity index (χ2n) is 6.40. The van der Waals surface area contributed by atoms with E-state index in [4.69, 9.17) is 9.47 Å². The fourth-order valence-corrected chi connectivity index (χ4v) is 3.49. The molecule has 2 aliphatic heterocycles. The average molecular weight is 355 g/mol. The van der Waals surface area contributed by atoms with E-state index in [0.29, 0.717) is 25.5 Å². The van der Waals surface area contributed by atoms with E-state index in [2.05, 4.69) is 25.2 Å². The van der Waals surface area contributed by atoms with Gasteiger partial charge in [0.1, 0.15) is 5.69 Å². The number of amides is 1. The van der Waals surface area contributed by atoms with Crippen LogP contribution < -0.4 is 5.32 Å². The van der Waals surface area contributed by atoms with Gasteiger partial charge in [0, 0.05) is 31.7 Å². The minimum Gasteiger partial charge on any atom is -0.378 e. The molecule has 2 aromatic rings. The van der Waals surface area contributed by atoms with E-state index in [-0.39, 0.29) is 24.1 Å². The largest absolute Gasteiger partial charge is 0.378 e. The Hall–Kier alpha value is -2.42. The van der Waals surface area contributed by atoms with Crippen LogP contribution in [0.3, 0.4) is 0 Å². The molecule has 0 bridgehead atoms. The van der Waals surface area contributed by atoms with Gasteiger partial charge in [-0.3, -0.25) is 19.7 Å². The van der Waals surface area contributed by atoms with E-state index in [0.717, 1.165) is 18.8 Å². The number of ether oxygens (including phenoxy) is 2. The van der Waals surface area contributed by atoms with Gasteiger partial charge in [-0.1, -0.05) is 6.07 Å². The van der Waals surface area contributed by atoms with Crippen molar-refractivity contribution in [2.45, 2.75) is 24.8 Å². The van der Waals surface area contributed by atoms with E-state index in [1.807, 2.05) is 18.2 Å². The summed E-state index contributed by atoms with van der Waals surface area (Å²) in [7, 11) is 0. The number of fused-ring (bicyclic) bond motifs is 1. The van der Waals surface area contributed by atoms with Crippen molar-refractivity contribution in [1.82, 2.24) is 25.2 Å². The van der Waals surface area contributed by atoms with Gasteiger partial charge in [-0.2, -0.15) is 0 Å². The molecule has 3 unspecified atom stereocenters. The molecule has 8 nitrogen and oxygen atoms in total. The Bertz CT molecular complexity index is 730. The first-order valence-electron chi connectivity index (χ1n) is 8.71. The van der Waals surface area contributed by atoms with Crippen LogP contribution in [-0.2, 0) is 16.1 Å². The number of pyridine rings is 1. The number of hydrogen-bond donors (Lipinski definition) is 1. The highest BCUT2D eigenvalue weighted by Gasteiger charge is 2.44. The minimum atomic E-state index is -0.240. The quantitative estimate of drug-likeness (QED) is 0.823. The Morgan fingerprint density at radius 1 is 1.31 bits per heavy atom. The predicted octanol–water partition coefficient (Wildman–Crippen LogP) is 0.270. The van der Waals surface area contributed by atoms with Crippen LogP contribution in [-0.4, -0.2) is 70.2 Å². The number of hydrogen-bond acceptors (Lipinski definition) is 7. The first kappa shape index (κ1) is 17.0. The monoisotopic (exact) mass is 355 g/mol. The smallest absolute Gasteiger partial charge is 0.271 e. The van der Waals surface area contributed by atoms with Crippen molar-refractivity contribution < 1.29 is 14.3 Å². The van der Waals surface area contributed by atoms with Crippen molar-refractivity contribution in [2.24, 2.45) is 0 Å². The maximum atomic E-state index is 12.5. The lowest BCUT2D eigenvalue weighted by Gasteiger charge is -2.32. The highest BCUT2D eigenvalue weighted by atomic mass is 16.5. The van der Waals surface area contributed by atoms with Gasteiger partial charge >= 0.3 is 0 Å². The molecule has 2 aromatic heterocycles. The van der Waals surface area contributed by atoms with Crippen molar-refractivity contribution in [3.8, 4) is 0 Å². The topological polar surface area (TPSA) is 89.5 Å². The molecule has 0 spiro atoms. The van der Waals surface area contributed by atoms with Crippen molar-refractivity contribution >= 4 is 5.91 Å².